The molecule has 2 aliphatic rings. The van der Waals surface area contributed by atoms with Crippen LogP contribution in [0.1, 0.15) is 31.7 Å². The maximum atomic E-state index is 12.6. The van der Waals surface area contributed by atoms with E-state index >= 15 is 0 Å². The molecule has 0 aromatic heterocycles. The Bertz CT molecular complexity index is 624. The number of benzene rings is 1. The summed E-state index contributed by atoms with van der Waals surface area (Å²) in [6.07, 6.45) is 2.66. The number of carbonyl (C=O) groups excluding carboxylic acids is 2. The molecule has 3 rings (SSSR count). The number of hydrogen-bond donors (Lipinski definition) is 0. The van der Waals surface area contributed by atoms with E-state index in [2.05, 4.69) is 0 Å². The zero-order valence-corrected chi connectivity index (χ0v) is 14.8. The van der Waals surface area contributed by atoms with Gasteiger partial charge in [0.2, 0.25) is 11.8 Å². The van der Waals surface area contributed by atoms with Crippen molar-refractivity contribution in [2.24, 2.45) is 0 Å². The molecule has 2 aliphatic heterocycles. The van der Waals surface area contributed by atoms with Crippen LogP contribution in [0.4, 0.5) is 0 Å². The number of carbonyl (C=O) groups is 2. The van der Waals surface area contributed by atoms with Crippen molar-refractivity contribution in [2.75, 3.05) is 39.4 Å². The molecule has 0 radical (unpaired) electrons. The molecule has 0 N–H and O–H groups in total. The molecule has 136 valence electrons. The van der Waals surface area contributed by atoms with E-state index in [1.54, 1.807) is 0 Å². The average molecular weight is 346 g/mol. The van der Waals surface area contributed by atoms with E-state index in [9.17, 15) is 9.59 Å². The number of ether oxygens (including phenoxy) is 2. The van der Waals surface area contributed by atoms with Crippen LogP contribution < -0.4 is 9.47 Å². The minimum absolute atomic E-state index is 0.0945. The smallest absolute Gasteiger partial charge is 0.227 e. The number of hydrogen-bond acceptors (Lipinski definition) is 4. The van der Waals surface area contributed by atoms with Crippen LogP contribution >= 0.6 is 0 Å². The Hall–Kier alpha value is -2.24. The summed E-state index contributed by atoms with van der Waals surface area (Å²) in [6, 6.07) is 5.70. The second kappa shape index (κ2) is 8.23. The molecule has 2 amide bonds. The van der Waals surface area contributed by atoms with Gasteiger partial charge in [-0.2, -0.15) is 0 Å². The van der Waals surface area contributed by atoms with Crippen molar-refractivity contribution in [2.45, 2.75) is 32.6 Å². The van der Waals surface area contributed by atoms with Crippen molar-refractivity contribution < 1.29 is 19.1 Å². The largest absolute Gasteiger partial charge is 0.490 e. The maximum Gasteiger partial charge on any atom is 0.227 e. The summed E-state index contributed by atoms with van der Waals surface area (Å²) >= 11 is 0. The van der Waals surface area contributed by atoms with Crippen molar-refractivity contribution in [1.29, 1.82) is 0 Å². The molecule has 25 heavy (non-hydrogen) atoms. The molecule has 1 saturated heterocycles. The first-order chi connectivity index (χ1) is 12.2. The topological polar surface area (TPSA) is 59.1 Å². The minimum Gasteiger partial charge on any atom is -0.490 e. The van der Waals surface area contributed by atoms with E-state index in [0.29, 0.717) is 52.2 Å². The fourth-order valence-corrected chi connectivity index (χ4v) is 3.18. The molecular weight excluding hydrogens is 320 g/mol. The molecule has 0 atom stereocenters. The third kappa shape index (κ3) is 4.44. The molecule has 0 spiro atoms. The maximum absolute atomic E-state index is 12.6. The van der Waals surface area contributed by atoms with Crippen LogP contribution in [-0.2, 0) is 16.0 Å². The Morgan fingerprint density at radius 3 is 2.28 bits per heavy atom. The molecular formula is C19H26N2O4. The van der Waals surface area contributed by atoms with Gasteiger partial charge in [-0.15, -0.1) is 0 Å². The highest BCUT2D eigenvalue weighted by molar-refractivity contribution is 5.80. The molecule has 1 fully saturated rings. The fourth-order valence-electron chi connectivity index (χ4n) is 3.18. The number of rotatable bonds is 4. The molecule has 1 aromatic rings. The van der Waals surface area contributed by atoms with Gasteiger partial charge in [0.1, 0.15) is 0 Å². The lowest BCUT2D eigenvalue weighted by molar-refractivity contribution is -0.139. The van der Waals surface area contributed by atoms with Crippen LogP contribution in [0, 0.1) is 0 Å². The number of piperazine rings is 1. The highest BCUT2D eigenvalue weighted by Crippen LogP contribution is 2.30. The molecule has 6 nitrogen and oxygen atoms in total. The average Bonchev–Trinajstić information content (AvgIpc) is 2.87. The summed E-state index contributed by atoms with van der Waals surface area (Å²) in [5.74, 6) is 1.75. The lowest BCUT2D eigenvalue weighted by Gasteiger charge is -2.35. The Labute approximate surface area is 148 Å². The molecule has 0 unspecified atom stereocenters. The second-order valence-corrected chi connectivity index (χ2v) is 6.52. The third-order valence-electron chi connectivity index (χ3n) is 4.62. The predicted molar refractivity (Wildman–Crippen MR) is 93.8 cm³/mol. The Kier molecular flexibility index (Phi) is 5.79. The van der Waals surface area contributed by atoms with Gasteiger partial charge in [0.25, 0.3) is 0 Å². The van der Waals surface area contributed by atoms with Gasteiger partial charge in [-0.3, -0.25) is 9.59 Å². The van der Waals surface area contributed by atoms with Gasteiger partial charge in [0, 0.05) is 39.0 Å². The second-order valence-electron chi connectivity index (χ2n) is 6.52. The standard InChI is InChI=1S/C19H26N2O4/c1-2-4-18(22)20-7-9-21(10-8-20)19(23)14-15-5-6-16-17(13-15)25-12-3-11-24-16/h5-6,13H,2-4,7-12,14H2,1H3. The summed E-state index contributed by atoms with van der Waals surface area (Å²) in [5.41, 5.74) is 0.929. The summed E-state index contributed by atoms with van der Waals surface area (Å²) in [5, 5.41) is 0. The summed E-state index contributed by atoms with van der Waals surface area (Å²) in [7, 11) is 0. The van der Waals surface area contributed by atoms with Gasteiger partial charge in [-0.1, -0.05) is 13.0 Å². The number of amides is 2. The van der Waals surface area contributed by atoms with Crippen LogP contribution in [0.5, 0.6) is 11.5 Å². The normalized spacial score (nSPS) is 17.2. The van der Waals surface area contributed by atoms with Gasteiger partial charge in [0.05, 0.1) is 19.6 Å². The van der Waals surface area contributed by atoms with Crippen LogP contribution in [0.3, 0.4) is 0 Å². The summed E-state index contributed by atoms with van der Waals surface area (Å²) < 4.78 is 11.3. The van der Waals surface area contributed by atoms with Crippen molar-refractivity contribution in [3.8, 4) is 11.5 Å². The monoisotopic (exact) mass is 346 g/mol. The number of nitrogens with zero attached hydrogens (tertiary/aromatic N) is 2. The summed E-state index contributed by atoms with van der Waals surface area (Å²) in [4.78, 5) is 28.2. The fraction of sp³-hybridized carbons (Fsp3) is 0.579. The third-order valence-corrected chi connectivity index (χ3v) is 4.62. The highest BCUT2D eigenvalue weighted by atomic mass is 16.5. The van der Waals surface area contributed by atoms with Crippen LogP contribution in [0.2, 0.25) is 0 Å². The first-order valence-corrected chi connectivity index (χ1v) is 9.11. The molecule has 0 bridgehead atoms. The Morgan fingerprint density at radius 1 is 0.960 bits per heavy atom. The molecule has 1 aromatic carbocycles. The van der Waals surface area contributed by atoms with Crippen LogP contribution in [0.15, 0.2) is 18.2 Å². The zero-order chi connectivity index (χ0) is 17.6. The van der Waals surface area contributed by atoms with Gasteiger partial charge >= 0.3 is 0 Å². The van der Waals surface area contributed by atoms with Crippen molar-refractivity contribution in [3.63, 3.8) is 0 Å². The quantitative estimate of drug-likeness (QED) is 0.835. The number of fused-ring (bicyclic) bond motifs is 1. The van der Waals surface area contributed by atoms with E-state index in [4.69, 9.17) is 9.47 Å². The lowest BCUT2D eigenvalue weighted by Crippen LogP contribution is -2.50. The van der Waals surface area contributed by atoms with Crippen LogP contribution in [0.25, 0.3) is 0 Å². The lowest BCUT2D eigenvalue weighted by atomic mass is 10.1. The Morgan fingerprint density at radius 2 is 1.60 bits per heavy atom. The van der Waals surface area contributed by atoms with E-state index in [-0.39, 0.29) is 11.8 Å². The highest BCUT2D eigenvalue weighted by Gasteiger charge is 2.24. The van der Waals surface area contributed by atoms with Gasteiger partial charge in [-0.05, 0) is 24.1 Å². The van der Waals surface area contributed by atoms with Gasteiger partial charge in [0.15, 0.2) is 11.5 Å². The first-order valence-electron chi connectivity index (χ1n) is 9.11. The van der Waals surface area contributed by atoms with E-state index in [1.807, 2.05) is 34.9 Å². The van der Waals surface area contributed by atoms with Crippen LogP contribution in [-0.4, -0.2) is 61.0 Å². The SMILES string of the molecule is CCCC(=O)N1CCN(C(=O)Cc2ccc3c(c2)OCCCO3)CC1. The Balaban J connectivity index is 1.55. The van der Waals surface area contributed by atoms with Crippen molar-refractivity contribution >= 4 is 11.8 Å². The molecule has 0 aliphatic carbocycles. The summed E-state index contributed by atoms with van der Waals surface area (Å²) in [6.45, 7) is 5.78. The minimum atomic E-state index is 0.0945. The molecule has 2 heterocycles. The zero-order valence-electron chi connectivity index (χ0n) is 14.8. The molecule has 0 saturated carbocycles. The van der Waals surface area contributed by atoms with E-state index in [0.717, 1.165) is 29.9 Å². The van der Waals surface area contributed by atoms with E-state index < -0.39 is 0 Å². The first kappa shape index (κ1) is 17.6. The van der Waals surface area contributed by atoms with Crippen molar-refractivity contribution in [1.82, 2.24) is 9.80 Å². The van der Waals surface area contributed by atoms with Gasteiger partial charge in [-0.25, -0.2) is 0 Å². The van der Waals surface area contributed by atoms with Crippen molar-refractivity contribution in [3.05, 3.63) is 23.8 Å². The predicted octanol–water partition coefficient (Wildman–Crippen LogP) is 1.86. The van der Waals surface area contributed by atoms with Gasteiger partial charge < -0.3 is 19.3 Å². The van der Waals surface area contributed by atoms with E-state index in [1.165, 1.54) is 0 Å². The molecule has 6 heteroatoms.